The summed E-state index contributed by atoms with van der Waals surface area (Å²) < 4.78 is 19.0. The summed E-state index contributed by atoms with van der Waals surface area (Å²) in [5.74, 6) is -1.46. The zero-order chi connectivity index (χ0) is 22.0. The summed E-state index contributed by atoms with van der Waals surface area (Å²) in [6, 6.07) is 13.5. The number of nitrogens with one attached hydrogen (secondary N) is 1. The molecule has 0 bridgehead atoms. The van der Waals surface area contributed by atoms with E-state index in [0.717, 1.165) is 11.8 Å². The number of carboxylic acids is 1. The third-order valence-electron chi connectivity index (χ3n) is 4.36. The number of hydrogen-bond donors (Lipinski definition) is 3. The van der Waals surface area contributed by atoms with E-state index in [9.17, 15) is 19.1 Å². The molecule has 3 aromatic rings. The lowest BCUT2D eigenvalue weighted by atomic mass is 10.1. The summed E-state index contributed by atoms with van der Waals surface area (Å²) in [6.45, 7) is 0.231. The van der Waals surface area contributed by atoms with Crippen LogP contribution in [0.1, 0.15) is 21.7 Å². The minimum atomic E-state index is -1.23. The Labute approximate surface area is 179 Å². The Kier molecular flexibility index (Phi) is 5.59. The van der Waals surface area contributed by atoms with Gasteiger partial charge in [-0.1, -0.05) is 18.2 Å². The van der Waals surface area contributed by atoms with E-state index in [1.165, 1.54) is 30.3 Å². The Bertz CT molecular complexity index is 1250. The number of furan rings is 1. The molecular weight excluding hydrogens is 423 g/mol. The topological polar surface area (TPSA) is 112 Å². The van der Waals surface area contributed by atoms with E-state index in [1.54, 1.807) is 30.3 Å². The first-order chi connectivity index (χ1) is 14.9. The Hall–Kier alpha value is -3.85. The molecular formula is C22H15FN2O5S. The Morgan fingerprint density at radius 3 is 2.77 bits per heavy atom. The molecule has 4 rings (SSSR count). The molecule has 1 aromatic heterocycles. The largest absolute Gasteiger partial charge is 0.507 e. The van der Waals surface area contributed by atoms with Crippen LogP contribution >= 0.6 is 11.8 Å². The average molecular weight is 438 g/mol. The van der Waals surface area contributed by atoms with Crippen molar-refractivity contribution in [3.8, 4) is 17.1 Å². The van der Waals surface area contributed by atoms with Gasteiger partial charge in [0, 0.05) is 11.6 Å². The fourth-order valence-electron chi connectivity index (χ4n) is 2.88. The van der Waals surface area contributed by atoms with Crippen molar-refractivity contribution in [1.29, 1.82) is 0 Å². The van der Waals surface area contributed by atoms with E-state index < -0.39 is 5.97 Å². The van der Waals surface area contributed by atoms with Gasteiger partial charge < -0.3 is 19.9 Å². The van der Waals surface area contributed by atoms with Gasteiger partial charge in [-0.15, -0.1) is 0 Å². The number of nitrogens with zero attached hydrogens (tertiary/aromatic N) is 1. The molecule has 1 fully saturated rings. The van der Waals surface area contributed by atoms with Crippen molar-refractivity contribution >= 4 is 34.9 Å². The number of amides is 1. The highest BCUT2D eigenvalue weighted by molar-refractivity contribution is 8.18. The molecule has 2 heterocycles. The number of rotatable bonds is 5. The van der Waals surface area contributed by atoms with E-state index in [4.69, 9.17) is 9.52 Å². The summed E-state index contributed by atoms with van der Waals surface area (Å²) in [7, 11) is 0. The molecule has 1 aliphatic rings. The molecule has 0 radical (unpaired) electrons. The maximum absolute atomic E-state index is 13.3. The standard InChI is InChI=1S/C22H15FN2O5S/c23-14-3-1-2-12(8-14)11-24-22-25-20(27)19(31-22)10-15-5-7-18(30-15)13-4-6-16(21(28)29)17(26)9-13/h1-10,26H,11H2,(H,28,29)(H,24,25,27)/b19-10-. The monoisotopic (exact) mass is 438 g/mol. The smallest absolute Gasteiger partial charge is 0.339 e. The minimum Gasteiger partial charge on any atom is -0.507 e. The van der Waals surface area contributed by atoms with Gasteiger partial charge >= 0.3 is 5.97 Å². The second-order valence-electron chi connectivity index (χ2n) is 6.56. The van der Waals surface area contributed by atoms with Crippen molar-refractivity contribution in [3.63, 3.8) is 0 Å². The van der Waals surface area contributed by atoms with Gasteiger partial charge in [-0.25, -0.2) is 9.18 Å². The van der Waals surface area contributed by atoms with E-state index in [2.05, 4.69) is 10.3 Å². The summed E-state index contributed by atoms with van der Waals surface area (Å²) in [5.41, 5.74) is 0.974. The van der Waals surface area contributed by atoms with E-state index in [0.29, 0.717) is 32.7 Å². The van der Waals surface area contributed by atoms with Crippen molar-refractivity contribution in [1.82, 2.24) is 5.32 Å². The van der Waals surface area contributed by atoms with Crippen molar-refractivity contribution in [3.05, 3.63) is 82.2 Å². The van der Waals surface area contributed by atoms with Crippen LogP contribution in [0.2, 0.25) is 0 Å². The second-order valence-corrected chi connectivity index (χ2v) is 7.59. The SMILES string of the molecule is O=C1NC(=NCc2cccc(F)c2)S/C1=C\c1ccc(-c2ccc(C(=O)O)c(O)c2)o1. The van der Waals surface area contributed by atoms with Crippen LogP contribution in [0.15, 0.2) is 68.9 Å². The number of hydrogen-bond acceptors (Lipinski definition) is 6. The van der Waals surface area contributed by atoms with E-state index >= 15 is 0 Å². The number of benzene rings is 2. The van der Waals surface area contributed by atoms with Crippen LogP contribution in [0, 0.1) is 5.82 Å². The van der Waals surface area contributed by atoms with Crippen LogP contribution in [0.4, 0.5) is 4.39 Å². The highest BCUT2D eigenvalue weighted by Gasteiger charge is 2.24. The summed E-state index contributed by atoms with van der Waals surface area (Å²) >= 11 is 1.14. The number of carboxylic acid groups (broad SMARTS) is 1. The summed E-state index contributed by atoms with van der Waals surface area (Å²) in [6.07, 6.45) is 1.56. The van der Waals surface area contributed by atoms with Gasteiger partial charge in [-0.3, -0.25) is 9.79 Å². The third-order valence-corrected chi connectivity index (χ3v) is 5.31. The summed E-state index contributed by atoms with van der Waals surface area (Å²) in [4.78, 5) is 27.9. The maximum atomic E-state index is 13.3. The third kappa shape index (κ3) is 4.67. The van der Waals surface area contributed by atoms with Gasteiger partial charge in [0.1, 0.15) is 28.7 Å². The Morgan fingerprint density at radius 1 is 1.19 bits per heavy atom. The molecule has 0 atom stereocenters. The molecule has 1 aliphatic heterocycles. The lowest BCUT2D eigenvalue weighted by Gasteiger charge is -2.02. The normalized spacial score (nSPS) is 16.1. The molecule has 0 saturated carbocycles. The van der Waals surface area contributed by atoms with E-state index in [1.807, 2.05) is 0 Å². The first-order valence-electron chi connectivity index (χ1n) is 9.05. The first kappa shape index (κ1) is 20.4. The van der Waals surface area contributed by atoms with Crippen LogP contribution in [-0.4, -0.2) is 27.3 Å². The van der Waals surface area contributed by atoms with Crippen molar-refractivity contribution in [2.45, 2.75) is 6.54 Å². The summed E-state index contributed by atoms with van der Waals surface area (Å²) in [5, 5.41) is 21.9. The molecule has 9 heteroatoms. The molecule has 1 amide bonds. The van der Waals surface area contributed by atoms with Crippen LogP contribution in [-0.2, 0) is 11.3 Å². The van der Waals surface area contributed by atoms with Crippen LogP contribution in [0.3, 0.4) is 0 Å². The lowest BCUT2D eigenvalue weighted by molar-refractivity contribution is -0.115. The quantitative estimate of drug-likeness (QED) is 0.514. The molecule has 2 aromatic carbocycles. The molecule has 0 spiro atoms. The molecule has 0 unspecified atom stereocenters. The fraction of sp³-hybridized carbons (Fsp3) is 0.0455. The number of thioether (sulfide) groups is 1. The molecule has 0 aliphatic carbocycles. The Balaban J connectivity index is 1.49. The molecule has 1 saturated heterocycles. The van der Waals surface area contributed by atoms with Gasteiger partial charge in [0.15, 0.2) is 5.17 Å². The van der Waals surface area contributed by atoms with Gasteiger partial charge in [0.05, 0.1) is 11.4 Å². The predicted molar refractivity (Wildman–Crippen MR) is 114 cm³/mol. The maximum Gasteiger partial charge on any atom is 0.339 e. The van der Waals surface area contributed by atoms with Crippen molar-refractivity contribution in [2.75, 3.05) is 0 Å². The number of carbonyl (C=O) groups is 2. The molecule has 3 N–H and O–H groups in total. The number of halogens is 1. The Morgan fingerprint density at radius 2 is 2.03 bits per heavy atom. The number of amidine groups is 1. The highest BCUT2D eigenvalue weighted by atomic mass is 32.2. The highest BCUT2D eigenvalue weighted by Crippen LogP contribution is 2.31. The number of aromatic hydroxyl groups is 1. The van der Waals surface area contributed by atoms with Gasteiger partial charge in [-0.05, 0) is 53.7 Å². The predicted octanol–water partition coefficient (Wildman–Crippen LogP) is 4.25. The molecule has 156 valence electrons. The van der Waals surface area contributed by atoms with Crippen LogP contribution in [0.25, 0.3) is 17.4 Å². The van der Waals surface area contributed by atoms with Gasteiger partial charge in [0.2, 0.25) is 0 Å². The molecule has 7 nitrogen and oxygen atoms in total. The zero-order valence-corrected chi connectivity index (χ0v) is 16.6. The minimum absolute atomic E-state index is 0.207. The molecule has 31 heavy (non-hydrogen) atoms. The fourth-order valence-corrected chi connectivity index (χ4v) is 3.68. The number of phenols is 1. The second kappa shape index (κ2) is 8.49. The van der Waals surface area contributed by atoms with Gasteiger partial charge in [-0.2, -0.15) is 0 Å². The average Bonchev–Trinajstić information content (AvgIpc) is 3.33. The van der Waals surface area contributed by atoms with Crippen molar-refractivity contribution < 1.29 is 28.6 Å². The number of aromatic carboxylic acids is 1. The lowest BCUT2D eigenvalue weighted by Crippen LogP contribution is -2.19. The van der Waals surface area contributed by atoms with Crippen molar-refractivity contribution in [2.24, 2.45) is 4.99 Å². The van der Waals surface area contributed by atoms with Crippen LogP contribution < -0.4 is 5.32 Å². The number of aliphatic imine (C=N–C) groups is 1. The zero-order valence-electron chi connectivity index (χ0n) is 15.8. The first-order valence-corrected chi connectivity index (χ1v) is 9.87. The number of carbonyl (C=O) groups excluding carboxylic acids is 1. The van der Waals surface area contributed by atoms with E-state index in [-0.39, 0.29) is 29.6 Å². The van der Waals surface area contributed by atoms with Gasteiger partial charge in [0.25, 0.3) is 5.91 Å². The van der Waals surface area contributed by atoms with Crippen LogP contribution in [0.5, 0.6) is 5.75 Å².